The Morgan fingerprint density at radius 2 is 2.21 bits per heavy atom. The van der Waals surface area contributed by atoms with Gasteiger partial charge in [0.25, 0.3) is 5.91 Å². The minimum absolute atomic E-state index is 0.0987. The molecule has 0 aliphatic rings. The highest BCUT2D eigenvalue weighted by atomic mass is 35.5. The van der Waals surface area contributed by atoms with Crippen LogP contribution in [-0.2, 0) is 0 Å². The highest BCUT2D eigenvalue weighted by Crippen LogP contribution is 2.17. The van der Waals surface area contributed by atoms with Gasteiger partial charge in [-0.25, -0.2) is 4.39 Å². The Bertz CT molecular complexity index is 449. The highest BCUT2D eigenvalue weighted by Gasteiger charge is 2.13. The van der Waals surface area contributed by atoms with E-state index in [4.69, 9.17) is 11.6 Å². The fourth-order valence-corrected chi connectivity index (χ4v) is 2.47. The van der Waals surface area contributed by atoms with Gasteiger partial charge in [-0.2, -0.15) is 11.8 Å². The van der Waals surface area contributed by atoms with Crippen LogP contribution in [0.5, 0.6) is 0 Å². The molecule has 0 saturated carbocycles. The predicted octanol–water partition coefficient (Wildman–Crippen LogP) is 2.71. The normalized spacial score (nSPS) is 11.4. The number of carbonyl (C=O) groups excluding carboxylic acids is 1. The lowest BCUT2D eigenvalue weighted by molar-refractivity contribution is 0.0956. The fraction of sp³-hybridized carbons (Fsp3) is 0.462. The smallest absolute Gasteiger partial charge is 0.252 e. The molecule has 2 N–H and O–H groups in total. The minimum Gasteiger partial charge on any atom is -0.390 e. The van der Waals surface area contributed by atoms with Crippen LogP contribution in [0.4, 0.5) is 4.39 Å². The molecule has 0 aromatic heterocycles. The van der Waals surface area contributed by atoms with Gasteiger partial charge in [-0.1, -0.05) is 11.6 Å². The van der Waals surface area contributed by atoms with E-state index >= 15 is 0 Å². The number of amides is 1. The second-order valence-electron chi connectivity index (χ2n) is 4.75. The topological polar surface area (TPSA) is 49.3 Å². The summed E-state index contributed by atoms with van der Waals surface area (Å²) in [6.07, 6.45) is 0. The Hall–Kier alpha value is -0.780. The number of halogens is 2. The molecule has 0 atom stereocenters. The van der Waals surface area contributed by atoms with E-state index in [0.29, 0.717) is 18.1 Å². The molecule has 1 aromatic carbocycles. The zero-order valence-corrected chi connectivity index (χ0v) is 12.4. The SMILES string of the molecule is CC(C)(O)CSCCNC(=O)c1ccc(F)cc1Cl. The van der Waals surface area contributed by atoms with Crippen LogP contribution in [-0.4, -0.2) is 34.7 Å². The molecular formula is C13H17ClFNO2S. The number of rotatable bonds is 6. The van der Waals surface area contributed by atoms with E-state index in [0.717, 1.165) is 6.07 Å². The zero-order valence-electron chi connectivity index (χ0n) is 10.9. The number of benzene rings is 1. The monoisotopic (exact) mass is 305 g/mol. The van der Waals surface area contributed by atoms with Crippen LogP contribution >= 0.6 is 23.4 Å². The molecule has 0 saturated heterocycles. The van der Waals surface area contributed by atoms with Crippen LogP contribution in [0.1, 0.15) is 24.2 Å². The van der Waals surface area contributed by atoms with Crippen molar-refractivity contribution in [1.82, 2.24) is 5.32 Å². The third-order valence-electron chi connectivity index (χ3n) is 2.16. The molecule has 106 valence electrons. The Kier molecular flexibility index (Phi) is 6.10. The number of carbonyl (C=O) groups is 1. The van der Waals surface area contributed by atoms with Gasteiger partial charge in [-0.3, -0.25) is 4.79 Å². The summed E-state index contributed by atoms with van der Waals surface area (Å²) in [7, 11) is 0. The van der Waals surface area contributed by atoms with Gasteiger partial charge in [0, 0.05) is 18.1 Å². The van der Waals surface area contributed by atoms with Crippen molar-refractivity contribution in [2.45, 2.75) is 19.4 Å². The highest BCUT2D eigenvalue weighted by molar-refractivity contribution is 7.99. The summed E-state index contributed by atoms with van der Waals surface area (Å²) in [5.74, 6) is 0.491. The lowest BCUT2D eigenvalue weighted by Crippen LogP contribution is -2.27. The maximum Gasteiger partial charge on any atom is 0.252 e. The number of nitrogens with one attached hydrogen (secondary N) is 1. The third-order valence-corrected chi connectivity index (χ3v) is 3.88. The van der Waals surface area contributed by atoms with E-state index in [1.807, 2.05) is 0 Å². The summed E-state index contributed by atoms with van der Waals surface area (Å²) in [5.41, 5.74) is -0.454. The van der Waals surface area contributed by atoms with Crippen LogP contribution in [0, 0.1) is 5.82 Å². The molecule has 0 fully saturated rings. The fourth-order valence-electron chi connectivity index (χ4n) is 1.33. The third kappa shape index (κ3) is 6.27. The Labute approximate surface area is 121 Å². The number of aliphatic hydroxyl groups is 1. The van der Waals surface area contributed by atoms with Crippen LogP contribution < -0.4 is 5.32 Å². The van der Waals surface area contributed by atoms with Crippen molar-refractivity contribution in [2.24, 2.45) is 0 Å². The largest absolute Gasteiger partial charge is 0.390 e. The van der Waals surface area contributed by atoms with Gasteiger partial charge in [0.2, 0.25) is 0 Å². The molecule has 0 spiro atoms. The summed E-state index contributed by atoms with van der Waals surface area (Å²) < 4.78 is 12.8. The molecular weight excluding hydrogens is 289 g/mol. The van der Waals surface area contributed by atoms with Crippen molar-refractivity contribution in [3.05, 3.63) is 34.6 Å². The molecule has 1 aromatic rings. The Balaban J connectivity index is 2.36. The van der Waals surface area contributed by atoms with Gasteiger partial charge in [-0.15, -0.1) is 0 Å². The molecule has 6 heteroatoms. The maximum absolute atomic E-state index is 12.8. The van der Waals surface area contributed by atoms with Gasteiger partial charge in [0.1, 0.15) is 5.82 Å². The maximum atomic E-state index is 12.8. The van der Waals surface area contributed by atoms with Gasteiger partial charge in [-0.05, 0) is 32.0 Å². The summed E-state index contributed by atoms with van der Waals surface area (Å²) in [6, 6.07) is 3.67. The lowest BCUT2D eigenvalue weighted by Gasteiger charge is -2.16. The van der Waals surface area contributed by atoms with Gasteiger partial charge >= 0.3 is 0 Å². The molecule has 0 heterocycles. The van der Waals surface area contributed by atoms with Crippen molar-refractivity contribution in [3.8, 4) is 0 Å². The van der Waals surface area contributed by atoms with Gasteiger partial charge in [0.15, 0.2) is 0 Å². The molecule has 1 rings (SSSR count). The Morgan fingerprint density at radius 3 is 2.79 bits per heavy atom. The first kappa shape index (κ1) is 16.3. The Morgan fingerprint density at radius 1 is 1.53 bits per heavy atom. The second kappa shape index (κ2) is 7.12. The minimum atomic E-state index is -0.713. The quantitative estimate of drug-likeness (QED) is 0.795. The van der Waals surface area contributed by atoms with E-state index < -0.39 is 11.4 Å². The number of hydrogen-bond acceptors (Lipinski definition) is 3. The van der Waals surface area contributed by atoms with Crippen molar-refractivity contribution < 1.29 is 14.3 Å². The molecule has 0 aliphatic heterocycles. The molecule has 1 amide bonds. The summed E-state index contributed by atoms with van der Waals surface area (Å²) >= 11 is 7.33. The molecule has 3 nitrogen and oxygen atoms in total. The first-order valence-electron chi connectivity index (χ1n) is 5.83. The molecule has 0 bridgehead atoms. The van der Waals surface area contributed by atoms with E-state index in [1.54, 1.807) is 25.6 Å². The van der Waals surface area contributed by atoms with Gasteiger partial charge < -0.3 is 10.4 Å². The van der Waals surface area contributed by atoms with Crippen molar-refractivity contribution >= 4 is 29.3 Å². The summed E-state index contributed by atoms with van der Waals surface area (Å²) in [5, 5.41) is 12.3. The lowest BCUT2D eigenvalue weighted by atomic mass is 10.2. The van der Waals surface area contributed by atoms with Crippen molar-refractivity contribution in [1.29, 1.82) is 0 Å². The van der Waals surface area contributed by atoms with E-state index in [1.165, 1.54) is 12.1 Å². The number of hydrogen-bond donors (Lipinski definition) is 2. The number of thioether (sulfide) groups is 1. The first-order chi connectivity index (χ1) is 8.79. The standard InChI is InChI=1S/C13H17ClFNO2S/c1-13(2,18)8-19-6-5-16-12(17)10-4-3-9(15)7-11(10)14/h3-4,7,18H,5-6,8H2,1-2H3,(H,16,17). The average molecular weight is 306 g/mol. The van der Waals surface area contributed by atoms with Crippen LogP contribution in [0.3, 0.4) is 0 Å². The average Bonchev–Trinajstić information content (AvgIpc) is 2.26. The first-order valence-corrected chi connectivity index (χ1v) is 7.36. The van der Waals surface area contributed by atoms with E-state index in [-0.39, 0.29) is 16.5 Å². The summed E-state index contributed by atoms with van der Waals surface area (Å²) in [6.45, 7) is 3.93. The molecule has 19 heavy (non-hydrogen) atoms. The predicted molar refractivity (Wildman–Crippen MR) is 77.4 cm³/mol. The zero-order chi connectivity index (χ0) is 14.5. The molecule has 0 unspecified atom stereocenters. The van der Waals surface area contributed by atoms with Crippen molar-refractivity contribution in [2.75, 3.05) is 18.1 Å². The molecule has 0 radical (unpaired) electrons. The van der Waals surface area contributed by atoms with Gasteiger partial charge in [0.05, 0.1) is 16.2 Å². The van der Waals surface area contributed by atoms with Crippen LogP contribution in [0.2, 0.25) is 5.02 Å². The van der Waals surface area contributed by atoms with Crippen LogP contribution in [0.15, 0.2) is 18.2 Å². The molecule has 0 aliphatic carbocycles. The second-order valence-corrected chi connectivity index (χ2v) is 6.26. The van der Waals surface area contributed by atoms with E-state index in [2.05, 4.69) is 5.32 Å². The van der Waals surface area contributed by atoms with Crippen LogP contribution in [0.25, 0.3) is 0 Å². The van der Waals surface area contributed by atoms with E-state index in [9.17, 15) is 14.3 Å². The van der Waals surface area contributed by atoms with Crippen molar-refractivity contribution in [3.63, 3.8) is 0 Å². The summed E-state index contributed by atoms with van der Waals surface area (Å²) in [4.78, 5) is 11.8.